The van der Waals surface area contributed by atoms with Crippen molar-refractivity contribution in [3.8, 4) is 0 Å². The Morgan fingerprint density at radius 3 is 2.31 bits per heavy atom. The van der Waals surface area contributed by atoms with Gasteiger partial charge in [0, 0.05) is 10.4 Å². The van der Waals surface area contributed by atoms with Crippen molar-refractivity contribution in [2.45, 2.75) is 32.1 Å². The molecule has 0 aliphatic carbocycles. The van der Waals surface area contributed by atoms with Crippen LogP contribution in [0.1, 0.15) is 31.9 Å². The van der Waals surface area contributed by atoms with Crippen molar-refractivity contribution in [2.24, 2.45) is 0 Å². The maximum atomic E-state index is 5.80. The van der Waals surface area contributed by atoms with Gasteiger partial charge < -0.3 is 0 Å². The van der Waals surface area contributed by atoms with Gasteiger partial charge in [0.25, 0.3) is 0 Å². The summed E-state index contributed by atoms with van der Waals surface area (Å²) in [4.78, 5) is 0. The van der Waals surface area contributed by atoms with Crippen molar-refractivity contribution in [2.75, 3.05) is 0 Å². The van der Waals surface area contributed by atoms with Crippen LogP contribution < -0.4 is 0 Å². The third kappa shape index (κ3) is 2.99. The van der Waals surface area contributed by atoms with Crippen LogP contribution in [0.4, 0.5) is 0 Å². The van der Waals surface area contributed by atoms with Crippen molar-refractivity contribution in [3.63, 3.8) is 0 Å². The molecule has 0 atom stereocenters. The van der Waals surface area contributed by atoms with E-state index in [0.29, 0.717) is 5.88 Å². The zero-order chi connectivity index (χ0) is 10.1. The first-order chi connectivity index (χ1) is 5.93. The van der Waals surface area contributed by atoms with Gasteiger partial charge in [0.05, 0.1) is 0 Å². The molecule has 0 saturated heterocycles. The van der Waals surface area contributed by atoms with Crippen LogP contribution in [0.25, 0.3) is 0 Å². The minimum absolute atomic E-state index is 0.185. The van der Waals surface area contributed by atoms with Gasteiger partial charge in [0.15, 0.2) is 0 Å². The maximum absolute atomic E-state index is 5.80. The minimum Gasteiger partial charge on any atom is -0.122 e. The van der Waals surface area contributed by atoms with Crippen molar-refractivity contribution in [3.05, 3.63) is 33.8 Å². The highest BCUT2D eigenvalue weighted by molar-refractivity contribution is 9.10. The first-order valence-corrected chi connectivity index (χ1v) is 5.62. The fourth-order valence-electron chi connectivity index (χ4n) is 1.16. The first-order valence-electron chi connectivity index (χ1n) is 4.29. The molecule has 0 N–H and O–H groups in total. The Morgan fingerprint density at radius 1 is 1.23 bits per heavy atom. The third-order valence-corrected chi connectivity index (χ3v) is 2.74. The van der Waals surface area contributed by atoms with Crippen molar-refractivity contribution < 1.29 is 0 Å². The smallest absolute Gasteiger partial charge is 0.0474 e. The molecule has 1 rings (SSSR count). The number of halogens is 2. The Hall–Kier alpha value is -0.0100. The van der Waals surface area contributed by atoms with E-state index in [4.69, 9.17) is 11.6 Å². The molecule has 2 heteroatoms. The van der Waals surface area contributed by atoms with Gasteiger partial charge in [-0.25, -0.2) is 0 Å². The highest BCUT2D eigenvalue weighted by atomic mass is 79.9. The number of hydrogen-bond donors (Lipinski definition) is 0. The van der Waals surface area contributed by atoms with E-state index in [9.17, 15) is 0 Å². The van der Waals surface area contributed by atoms with Gasteiger partial charge in [-0.3, -0.25) is 0 Å². The van der Waals surface area contributed by atoms with E-state index in [1.807, 2.05) is 0 Å². The zero-order valence-electron chi connectivity index (χ0n) is 8.20. The fourth-order valence-corrected chi connectivity index (χ4v) is 1.86. The minimum atomic E-state index is 0.185. The van der Waals surface area contributed by atoms with E-state index in [2.05, 4.69) is 54.9 Å². The van der Waals surface area contributed by atoms with Gasteiger partial charge in [0.2, 0.25) is 0 Å². The fraction of sp³-hybridized carbons (Fsp3) is 0.455. The lowest BCUT2D eigenvalue weighted by Gasteiger charge is -2.20. The van der Waals surface area contributed by atoms with E-state index in [1.165, 1.54) is 11.1 Å². The summed E-state index contributed by atoms with van der Waals surface area (Å²) in [5.74, 6) is 0.572. The lowest BCUT2D eigenvalue weighted by molar-refractivity contribution is 0.589. The van der Waals surface area contributed by atoms with Gasteiger partial charge in [-0.1, -0.05) is 42.8 Å². The van der Waals surface area contributed by atoms with Crippen LogP contribution in [-0.2, 0) is 11.3 Å². The van der Waals surface area contributed by atoms with E-state index in [0.717, 1.165) is 4.47 Å². The van der Waals surface area contributed by atoms with Crippen LogP contribution in [-0.4, -0.2) is 0 Å². The molecule has 0 heterocycles. The molecule has 1 aromatic carbocycles. The summed E-state index contributed by atoms with van der Waals surface area (Å²) in [7, 11) is 0. The van der Waals surface area contributed by atoms with Crippen molar-refractivity contribution in [1.82, 2.24) is 0 Å². The Kier molecular flexibility index (Phi) is 3.42. The SMILES string of the molecule is CC(C)(C)c1cc(Br)cc(CCl)c1. The number of benzene rings is 1. The molecule has 0 aliphatic rings. The largest absolute Gasteiger partial charge is 0.122 e. The predicted octanol–water partition coefficient (Wildman–Crippen LogP) is 4.49. The molecular weight excluding hydrogens is 247 g/mol. The topological polar surface area (TPSA) is 0 Å². The van der Waals surface area contributed by atoms with Crippen molar-refractivity contribution >= 4 is 27.5 Å². The van der Waals surface area contributed by atoms with Gasteiger partial charge >= 0.3 is 0 Å². The van der Waals surface area contributed by atoms with Crippen LogP contribution in [0.15, 0.2) is 22.7 Å². The highest BCUT2D eigenvalue weighted by Gasteiger charge is 2.14. The molecule has 0 saturated carbocycles. The normalized spacial score (nSPS) is 11.8. The summed E-state index contributed by atoms with van der Waals surface area (Å²) in [5.41, 5.74) is 2.67. The molecular formula is C11H14BrCl. The first kappa shape index (κ1) is 11.1. The molecule has 0 unspecified atom stereocenters. The number of hydrogen-bond acceptors (Lipinski definition) is 0. The maximum Gasteiger partial charge on any atom is 0.0474 e. The molecule has 0 aliphatic heterocycles. The van der Waals surface area contributed by atoms with Crippen LogP contribution in [0.3, 0.4) is 0 Å². The van der Waals surface area contributed by atoms with E-state index in [1.54, 1.807) is 0 Å². The molecule has 0 radical (unpaired) electrons. The van der Waals surface area contributed by atoms with Crippen LogP contribution in [0.2, 0.25) is 0 Å². The Labute approximate surface area is 93.4 Å². The quantitative estimate of drug-likeness (QED) is 0.654. The molecule has 0 spiro atoms. The molecule has 72 valence electrons. The second-order valence-corrected chi connectivity index (χ2v) is 5.41. The molecule has 13 heavy (non-hydrogen) atoms. The average molecular weight is 262 g/mol. The van der Waals surface area contributed by atoms with Gasteiger partial charge in [-0.15, -0.1) is 11.6 Å². The lowest BCUT2D eigenvalue weighted by atomic mass is 9.86. The van der Waals surface area contributed by atoms with Gasteiger partial charge in [-0.2, -0.15) is 0 Å². The van der Waals surface area contributed by atoms with E-state index >= 15 is 0 Å². The number of alkyl halides is 1. The molecule has 0 bridgehead atoms. The molecule has 0 amide bonds. The second-order valence-electron chi connectivity index (χ2n) is 4.23. The van der Waals surface area contributed by atoms with E-state index < -0.39 is 0 Å². The monoisotopic (exact) mass is 260 g/mol. The Morgan fingerprint density at radius 2 is 1.85 bits per heavy atom. The Bertz CT molecular complexity index is 299. The number of rotatable bonds is 1. The van der Waals surface area contributed by atoms with E-state index in [-0.39, 0.29) is 5.41 Å². The predicted molar refractivity (Wildman–Crippen MR) is 62.4 cm³/mol. The van der Waals surface area contributed by atoms with Crippen molar-refractivity contribution in [1.29, 1.82) is 0 Å². The van der Waals surface area contributed by atoms with Crippen LogP contribution in [0, 0.1) is 0 Å². The second kappa shape index (κ2) is 4.02. The van der Waals surface area contributed by atoms with Gasteiger partial charge in [-0.05, 0) is 28.7 Å². The molecule has 0 aromatic heterocycles. The third-order valence-electron chi connectivity index (χ3n) is 1.98. The van der Waals surface area contributed by atoms with Crippen LogP contribution >= 0.6 is 27.5 Å². The highest BCUT2D eigenvalue weighted by Crippen LogP contribution is 2.27. The Balaban J connectivity index is 3.16. The standard InChI is InChI=1S/C11H14BrCl/c1-11(2,3)9-4-8(7-13)5-10(12)6-9/h4-6H,7H2,1-3H3. The summed E-state index contributed by atoms with van der Waals surface area (Å²) >= 11 is 9.29. The molecule has 1 aromatic rings. The summed E-state index contributed by atoms with van der Waals surface area (Å²) in [6, 6.07) is 6.37. The summed E-state index contributed by atoms with van der Waals surface area (Å²) in [6.45, 7) is 6.60. The summed E-state index contributed by atoms with van der Waals surface area (Å²) < 4.78 is 1.11. The summed E-state index contributed by atoms with van der Waals surface area (Å²) in [5, 5.41) is 0. The van der Waals surface area contributed by atoms with Gasteiger partial charge in [0.1, 0.15) is 0 Å². The average Bonchev–Trinajstić information content (AvgIpc) is 2.01. The molecule has 0 fully saturated rings. The molecule has 0 nitrogen and oxygen atoms in total. The lowest BCUT2D eigenvalue weighted by Crippen LogP contribution is -2.11. The van der Waals surface area contributed by atoms with Crippen LogP contribution in [0.5, 0.6) is 0 Å². The summed E-state index contributed by atoms with van der Waals surface area (Å²) in [6.07, 6.45) is 0. The zero-order valence-corrected chi connectivity index (χ0v) is 10.5.